The van der Waals surface area contributed by atoms with Gasteiger partial charge in [0, 0.05) is 19.3 Å². The lowest BCUT2D eigenvalue weighted by atomic mass is 10.5. The molecular weight excluding hydrogens is 302 g/mol. The van der Waals surface area contributed by atoms with Crippen LogP contribution in [0, 0.1) is 0 Å². The van der Waals surface area contributed by atoms with Gasteiger partial charge in [0.2, 0.25) is 10.0 Å². The van der Waals surface area contributed by atoms with Crippen LogP contribution in [0.2, 0.25) is 0 Å². The molecule has 0 saturated carbocycles. The summed E-state index contributed by atoms with van der Waals surface area (Å²) in [5.74, 6) is -1.28. The van der Waals surface area contributed by atoms with Gasteiger partial charge in [0.15, 0.2) is 0 Å². The van der Waals surface area contributed by atoms with Crippen molar-refractivity contribution in [3.8, 4) is 0 Å². The zero-order chi connectivity index (χ0) is 15.9. The number of carbonyl (C=O) groups excluding carboxylic acids is 1. The molecule has 0 unspecified atom stereocenters. The summed E-state index contributed by atoms with van der Waals surface area (Å²) >= 11 is 0. The zero-order valence-corrected chi connectivity index (χ0v) is 12.2. The number of hydrogen-bond donors (Lipinski definition) is 4. The predicted molar refractivity (Wildman–Crippen MR) is 74.3 cm³/mol. The van der Waals surface area contributed by atoms with Crippen LogP contribution in [-0.4, -0.2) is 54.1 Å². The van der Waals surface area contributed by atoms with Gasteiger partial charge >= 0.3 is 12.0 Å². The molecule has 0 bridgehead atoms. The summed E-state index contributed by atoms with van der Waals surface area (Å²) in [6.45, 7) is 1.58. The van der Waals surface area contributed by atoms with E-state index in [4.69, 9.17) is 5.11 Å². The average molecular weight is 319 g/mol. The Balaban J connectivity index is 2.37. The summed E-state index contributed by atoms with van der Waals surface area (Å²) in [5, 5.41) is 17.1. The van der Waals surface area contributed by atoms with Crippen LogP contribution in [0.15, 0.2) is 12.4 Å². The van der Waals surface area contributed by atoms with E-state index < -0.39 is 22.0 Å². The second-order valence-electron chi connectivity index (χ2n) is 4.02. The zero-order valence-electron chi connectivity index (χ0n) is 11.4. The number of rotatable bonds is 8. The number of aliphatic carboxylic acids is 1. The molecule has 0 radical (unpaired) electrons. The number of carbonyl (C=O) groups is 2. The third-order valence-corrected chi connectivity index (χ3v) is 3.68. The number of aromatic nitrogens is 2. The first-order valence-corrected chi connectivity index (χ1v) is 7.74. The number of carboxylic acids is 1. The standard InChI is InChI=1S/C10H17N5O5S/c1-2-13-21(19,20)4-3-11-10(18)14-8-5-12-15(6-8)7-9(16)17/h5-6,13H,2-4,7H2,1H3,(H,16,17)(H2,11,14,18). The minimum absolute atomic E-state index is 0.0512. The summed E-state index contributed by atoms with van der Waals surface area (Å²) in [6.07, 6.45) is 2.64. The smallest absolute Gasteiger partial charge is 0.325 e. The van der Waals surface area contributed by atoms with Crippen molar-refractivity contribution < 1.29 is 23.1 Å². The normalized spacial score (nSPS) is 11.1. The minimum Gasteiger partial charge on any atom is -0.480 e. The van der Waals surface area contributed by atoms with E-state index in [2.05, 4.69) is 20.5 Å². The lowest BCUT2D eigenvalue weighted by Gasteiger charge is -2.06. The fraction of sp³-hybridized carbons (Fsp3) is 0.500. The van der Waals surface area contributed by atoms with Crippen LogP contribution in [0.3, 0.4) is 0 Å². The lowest BCUT2D eigenvalue weighted by molar-refractivity contribution is -0.137. The summed E-state index contributed by atoms with van der Waals surface area (Å²) in [4.78, 5) is 22.0. The van der Waals surface area contributed by atoms with E-state index in [1.54, 1.807) is 6.92 Å². The summed E-state index contributed by atoms with van der Waals surface area (Å²) < 4.78 is 26.1. The highest BCUT2D eigenvalue weighted by atomic mass is 32.2. The maximum Gasteiger partial charge on any atom is 0.325 e. The average Bonchev–Trinajstić information content (AvgIpc) is 2.74. The Morgan fingerprint density at radius 1 is 1.43 bits per heavy atom. The van der Waals surface area contributed by atoms with Gasteiger partial charge in [-0.2, -0.15) is 5.10 Å². The number of anilines is 1. The molecule has 118 valence electrons. The topological polar surface area (TPSA) is 142 Å². The van der Waals surface area contributed by atoms with Crippen LogP contribution in [0.5, 0.6) is 0 Å². The summed E-state index contributed by atoms with van der Waals surface area (Å²) in [6, 6.07) is -0.600. The van der Waals surface area contributed by atoms with Gasteiger partial charge in [-0.3, -0.25) is 9.48 Å². The van der Waals surface area contributed by atoms with E-state index >= 15 is 0 Å². The van der Waals surface area contributed by atoms with Gasteiger partial charge in [-0.05, 0) is 0 Å². The molecule has 2 amide bonds. The van der Waals surface area contributed by atoms with Crippen LogP contribution in [0.4, 0.5) is 10.5 Å². The number of carboxylic acid groups (broad SMARTS) is 1. The molecule has 1 rings (SSSR count). The van der Waals surface area contributed by atoms with Gasteiger partial charge < -0.3 is 15.7 Å². The lowest BCUT2D eigenvalue weighted by Crippen LogP contribution is -2.36. The number of sulfonamides is 1. The largest absolute Gasteiger partial charge is 0.480 e. The van der Waals surface area contributed by atoms with Crippen molar-refractivity contribution in [2.45, 2.75) is 13.5 Å². The molecule has 0 spiro atoms. The first-order chi connectivity index (χ1) is 9.82. The Morgan fingerprint density at radius 3 is 2.76 bits per heavy atom. The van der Waals surface area contributed by atoms with Crippen molar-refractivity contribution >= 4 is 27.7 Å². The van der Waals surface area contributed by atoms with Gasteiger partial charge in [-0.25, -0.2) is 17.9 Å². The van der Waals surface area contributed by atoms with Gasteiger partial charge in [-0.1, -0.05) is 6.92 Å². The van der Waals surface area contributed by atoms with E-state index in [1.807, 2.05) is 0 Å². The molecule has 10 nitrogen and oxygen atoms in total. The number of amides is 2. The molecule has 11 heteroatoms. The molecule has 0 aliphatic carbocycles. The molecule has 0 saturated heterocycles. The van der Waals surface area contributed by atoms with Crippen molar-refractivity contribution in [1.29, 1.82) is 0 Å². The highest BCUT2D eigenvalue weighted by Gasteiger charge is 2.10. The first kappa shape index (κ1) is 16.9. The van der Waals surface area contributed by atoms with E-state index in [1.165, 1.54) is 12.4 Å². The minimum atomic E-state index is -3.38. The summed E-state index contributed by atoms with van der Waals surface area (Å²) in [7, 11) is -3.38. The molecule has 0 atom stereocenters. The Bertz CT molecular complexity index is 597. The molecule has 1 aromatic rings. The van der Waals surface area contributed by atoms with Crippen LogP contribution in [-0.2, 0) is 21.4 Å². The van der Waals surface area contributed by atoms with E-state index in [0.29, 0.717) is 5.69 Å². The Labute approximate surface area is 121 Å². The van der Waals surface area contributed by atoms with Crippen molar-refractivity contribution in [2.24, 2.45) is 0 Å². The van der Waals surface area contributed by atoms with E-state index in [0.717, 1.165) is 4.68 Å². The molecule has 21 heavy (non-hydrogen) atoms. The second-order valence-corrected chi connectivity index (χ2v) is 5.94. The van der Waals surface area contributed by atoms with Crippen molar-refractivity contribution in [2.75, 3.05) is 24.2 Å². The number of hydrogen-bond acceptors (Lipinski definition) is 5. The third kappa shape index (κ3) is 6.72. The Kier molecular flexibility index (Phi) is 6.11. The quantitative estimate of drug-likeness (QED) is 0.485. The van der Waals surface area contributed by atoms with Crippen molar-refractivity contribution in [3.05, 3.63) is 12.4 Å². The van der Waals surface area contributed by atoms with Crippen LogP contribution >= 0.6 is 0 Å². The SMILES string of the molecule is CCNS(=O)(=O)CCNC(=O)Nc1cnn(CC(=O)O)c1. The number of urea groups is 1. The first-order valence-electron chi connectivity index (χ1n) is 6.09. The molecule has 0 aliphatic heterocycles. The molecule has 0 aliphatic rings. The number of nitrogens with zero attached hydrogens (tertiary/aromatic N) is 2. The monoisotopic (exact) mass is 319 g/mol. The maximum absolute atomic E-state index is 11.5. The number of nitrogens with one attached hydrogen (secondary N) is 3. The predicted octanol–water partition coefficient (Wildman–Crippen LogP) is -0.971. The molecule has 1 heterocycles. The van der Waals surface area contributed by atoms with Gasteiger partial charge in [-0.15, -0.1) is 0 Å². The highest BCUT2D eigenvalue weighted by molar-refractivity contribution is 7.89. The van der Waals surface area contributed by atoms with Crippen LogP contribution < -0.4 is 15.4 Å². The Morgan fingerprint density at radius 2 is 2.14 bits per heavy atom. The van der Waals surface area contributed by atoms with E-state index in [-0.39, 0.29) is 25.4 Å². The van der Waals surface area contributed by atoms with E-state index in [9.17, 15) is 18.0 Å². The molecule has 0 fully saturated rings. The van der Waals surface area contributed by atoms with Crippen LogP contribution in [0.1, 0.15) is 6.92 Å². The second kappa shape index (κ2) is 7.59. The van der Waals surface area contributed by atoms with Crippen molar-refractivity contribution in [1.82, 2.24) is 19.8 Å². The van der Waals surface area contributed by atoms with Gasteiger partial charge in [0.05, 0.1) is 17.6 Å². The van der Waals surface area contributed by atoms with Gasteiger partial charge in [0.1, 0.15) is 6.54 Å². The highest BCUT2D eigenvalue weighted by Crippen LogP contribution is 2.04. The van der Waals surface area contributed by atoms with Gasteiger partial charge in [0.25, 0.3) is 0 Å². The maximum atomic E-state index is 11.5. The van der Waals surface area contributed by atoms with Crippen molar-refractivity contribution in [3.63, 3.8) is 0 Å². The fourth-order valence-corrected chi connectivity index (χ4v) is 2.37. The molecule has 4 N–H and O–H groups in total. The molecule has 0 aromatic carbocycles. The fourth-order valence-electron chi connectivity index (χ4n) is 1.42. The molecule has 1 aromatic heterocycles. The Hall–Kier alpha value is -2.14. The van der Waals surface area contributed by atoms with Crippen LogP contribution in [0.25, 0.3) is 0 Å². The molecular formula is C10H17N5O5S. The third-order valence-electron chi connectivity index (χ3n) is 2.21. The summed E-state index contributed by atoms with van der Waals surface area (Å²) in [5.41, 5.74) is 0.309.